The van der Waals surface area contributed by atoms with E-state index >= 15 is 0 Å². The monoisotopic (exact) mass is 230 g/mol. The molecule has 0 aromatic heterocycles. The lowest BCUT2D eigenvalue weighted by Gasteiger charge is -2.31. The van der Waals surface area contributed by atoms with E-state index in [9.17, 15) is 26.3 Å². The molecular formula is C9H8F6. The topological polar surface area (TPSA) is 0 Å². The Balaban J connectivity index is 2.33. The summed E-state index contributed by atoms with van der Waals surface area (Å²) >= 11 is 0. The molecule has 0 amide bonds. The van der Waals surface area contributed by atoms with Crippen molar-refractivity contribution in [1.29, 1.82) is 0 Å². The van der Waals surface area contributed by atoms with Gasteiger partial charge >= 0.3 is 12.4 Å². The van der Waals surface area contributed by atoms with Gasteiger partial charge in [-0.25, -0.2) is 0 Å². The van der Waals surface area contributed by atoms with E-state index in [0.29, 0.717) is 0 Å². The fraction of sp³-hybridized carbons (Fsp3) is 0.778. The third-order valence-corrected chi connectivity index (χ3v) is 3.22. The van der Waals surface area contributed by atoms with Crippen molar-refractivity contribution in [3.05, 3.63) is 12.2 Å². The van der Waals surface area contributed by atoms with Gasteiger partial charge < -0.3 is 0 Å². The molecule has 0 aliphatic heterocycles. The minimum Gasteiger partial charge on any atom is -0.171 e. The summed E-state index contributed by atoms with van der Waals surface area (Å²) in [6, 6.07) is 0. The normalized spacial score (nSPS) is 40.1. The predicted octanol–water partition coefficient (Wildman–Crippen LogP) is 3.55. The van der Waals surface area contributed by atoms with Crippen molar-refractivity contribution in [2.24, 2.45) is 23.7 Å². The van der Waals surface area contributed by atoms with Gasteiger partial charge in [-0.1, -0.05) is 12.2 Å². The van der Waals surface area contributed by atoms with Gasteiger partial charge in [-0.05, 0) is 18.3 Å². The van der Waals surface area contributed by atoms with E-state index in [4.69, 9.17) is 0 Å². The minimum atomic E-state index is -4.76. The van der Waals surface area contributed by atoms with Crippen molar-refractivity contribution in [3.8, 4) is 0 Å². The minimum absolute atomic E-state index is 0.0195. The van der Waals surface area contributed by atoms with Crippen molar-refractivity contribution >= 4 is 0 Å². The number of halogens is 6. The molecule has 86 valence electrons. The van der Waals surface area contributed by atoms with Gasteiger partial charge in [0.05, 0.1) is 11.8 Å². The molecule has 0 radical (unpaired) electrons. The second-order valence-corrected chi connectivity index (χ2v) is 4.08. The fourth-order valence-corrected chi connectivity index (χ4v) is 2.71. The summed E-state index contributed by atoms with van der Waals surface area (Å²) in [6.45, 7) is 0. The highest BCUT2D eigenvalue weighted by molar-refractivity contribution is 5.16. The molecule has 4 atom stereocenters. The maximum Gasteiger partial charge on any atom is 0.393 e. The summed E-state index contributed by atoms with van der Waals surface area (Å²) in [6.07, 6.45) is -7.00. The average molecular weight is 230 g/mol. The number of allylic oxidation sites excluding steroid dienone is 2. The standard InChI is InChI=1S/C9H8F6/c10-8(11,12)6-4-1-2-5(3-4)7(6)9(13,14)15/h1-2,4-7H,3H2/t4-,5-,6-,7+/m0/s1. The molecule has 0 N–H and O–H groups in total. The van der Waals surface area contributed by atoms with Crippen LogP contribution in [0.1, 0.15) is 6.42 Å². The number of fused-ring (bicyclic) bond motifs is 2. The molecule has 0 aromatic carbocycles. The molecule has 1 fully saturated rings. The molecule has 2 aliphatic rings. The van der Waals surface area contributed by atoms with Crippen LogP contribution in [0.2, 0.25) is 0 Å². The fourth-order valence-electron chi connectivity index (χ4n) is 2.71. The van der Waals surface area contributed by atoms with Crippen LogP contribution in [0, 0.1) is 23.7 Å². The van der Waals surface area contributed by atoms with Gasteiger partial charge in [0.25, 0.3) is 0 Å². The second-order valence-electron chi connectivity index (χ2n) is 4.08. The first kappa shape index (κ1) is 10.8. The van der Waals surface area contributed by atoms with Crippen LogP contribution in [-0.2, 0) is 0 Å². The Kier molecular flexibility index (Phi) is 2.11. The quantitative estimate of drug-likeness (QED) is 0.441. The molecule has 0 nitrogen and oxygen atoms in total. The lowest BCUT2D eigenvalue weighted by Crippen LogP contribution is -2.41. The number of rotatable bonds is 0. The van der Waals surface area contributed by atoms with E-state index in [1.54, 1.807) is 0 Å². The summed E-state index contributed by atoms with van der Waals surface area (Å²) in [5.41, 5.74) is 0. The Morgan fingerprint density at radius 3 is 1.33 bits per heavy atom. The van der Waals surface area contributed by atoms with Crippen molar-refractivity contribution < 1.29 is 26.3 Å². The van der Waals surface area contributed by atoms with Gasteiger partial charge in [0.1, 0.15) is 0 Å². The Morgan fingerprint density at radius 2 is 1.07 bits per heavy atom. The summed E-state index contributed by atoms with van der Waals surface area (Å²) in [4.78, 5) is 0. The molecule has 2 bridgehead atoms. The zero-order valence-electron chi connectivity index (χ0n) is 7.44. The zero-order valence-corrected chi connectivity index (χ0v) is 7.44. The first-order valence-electron chi connectivity index (χ1n) is 4.53. The van der Waals surface area contributed by atoms with Gasteiger partial charge in [-0.15, -0.1) is 0 Å². The Morgan fingerprint density at radius 1 is 0.733 bits per heavy atom. The number of alkyl halides is 6. The van der Waals surface area contributed by atoms with Crippen LogP contribution < -0.4 is 0 Å². The first-order chi connectivity index (χ1) is 6.71. The Labute approximate surface area is 82.0 Å². The molecule has 2 aliphatic carbocycles. The summed E-state index contributed by atoms with van der Waals surface area (Å²) in [7, 11) is 0. The second kappa shape index (κ2) is 2.92. The number of hydrogen-bond acceptors (Lipinski definition) is 0. The van der Waals surface area contributed by atoms with Gasteiger partial charge in [0.15, 0.2) is 0 Å². The number of hydrogen-bond donors (Lipinski definition) is 0. The third kappa shape index (κ3) is 1.63. The molecule has 0 unspecified atom stereocenters. The zero-order chi connectivity index (χ0) is 11.4. The van der Waals surface area contributed by atoms with E-state index < -0.39 is 36.0 Å². The molecule has 6 heteroatoms. The highest BCUT2D eigenvalue weighted by Gasteiger charge is 2.65. The third-order valence-electron chi connectivity index (χ3n) is 3.22. The highest BCUT2D eigenvalue weighted by atomic mass is 19.4. The smallest absolute Gasteiger partial charge is 0.171 e. The molecule has 1 saturated carbocycles. The molecular weight excluding hydrogens is 222 g/mol. The van der Waals surface area contributed by atoms with Crippen LogP contribution >= 0.6 is 0 Å². The highest BCUT2D eigenvalue weighted by Crippen LogP contribution is 2.58. The van der Waals surface area contributed by atoms with Crippen molar-refractivity contribution in [2.75, 3.05) is 0 Å². The molecule has 0 aromatic rings. The molecule has 0 spiro atoms. The molecule has 0 heterocycles. The first-order valence-corrected chi connectivity index (χ1v) is 4.53. The van der Waals surface area contributed by atoms with Crippen LogP contribution in [0.4, 0.5) is 26.3 Å². The maximum absolute atomic E-state index is 12.5. The van der Waals surface area contributed by atoms with E-state index in [1.165, 1.54) is 12.2 Å². The maximum atomic E-state index is 12.5. The predicted molar refractivity (Wildman–Crippen MR) is 39.8 cm³/mol. The van der Waals surface area contributed by atoms with Crippen LogP contribution in [-0.4, -0.2) is 12.4 Å². The Hall–Kier alpha value is -0.680. The lowest BCUT2D eigenvalue weighted by atomic mass is 9.82. The molecule has 15 heavy (non-hydrogen) atoms. The summed E-state index contributed by atoms with van der Waals surface area (Å²) < 4.78 is 74.8. The van der Waals surface area contributed by atoms with E-state index in [-0.39, 0.29) is 6.42 Å². The van der Waals surface area contributed by atoms with Crippen LogP contribution in [0.5, 0.6) is 0 Å². The molecule has 0 saturated heterocycles. The van der Waals surface area contributed by atoms with E-state index in [0.717, 1.165) is 0 Å². The van der Waals surface area contributed by atoms with Gasteiger partial charge in [-0.2, -0.15) is 26.3 Å². The lowest BCUT2D eigenvalue weighted by molar-refractivity contribution is -0.256. The van der Waals surface area contributed by atoms with Crippen molar-refractivity contribution in [2.45, 2.75) is 18.8 Å². The molecule has 2 rings (SSSR count). The van der Waals surface area contributed by atoms with Crippen LogP contribution in [0.25, 0.3) is 0 Å². The largest absolute Gasteiger partial charge is 0.393 e. The van der Waals surface area contributed by atoms with Crippen LogP contribution in [0.15, 0.2) is 12.2 Å². The summed E-state index contributed by atoms with van der Waals surface area (Å²) in [5.74, 6) is -6.46. The SMILES string of the molecule is FC(F)(F)[C@@H]1[C@H](C(F)(F)F)[C@H]2C=C[C@H]1C2. The summed E-state index contributed by atoms with van der Waals surface area (Å²) in [5, 5.41) is 0. The van der Waals surface area contributed by atoms with Gasteiger partial charge in [-0.3, -0.25) is 0 Å². The Bertz CT molecular complexity index is 258. The van der Waals surface area contributed by atoms with E-state index in [2.05, 4.69) is 0 Å². The average Bonchev–Trinajstić information content (AvgIpc) is 2.56. The van der Waals surface area contributed by atoms with E-state index in [1.807, 2.05) is 0 Å². The van der Waals surface area contributed by atoms with Gasteiger partial charge in [0, 0.05) is 0 Å². The van der Waals surface area contributed by atoms with Gasteiger partial charge in [0.2, 0.25) is 0 Å². The van der Waals surface area contributed by atoms with Crippen molar-refractivity contribution in [1.82, 2.24) is 0 Å². The van der Waals surface area contributed by atoms with Crippen molar-refractivity contribution in [3.63, 3.8) is 0 Å². The van der Waals surface area contributed by atoms with Crippen LogP contribution in [0.3, 0.4) is 0 Å².